The number of fused-ring (bicyclic) bond motifs is 1. The van der Waals surface area contributed by atoms with Gasteiger partial charge in [0.1, 0.15) is 0 Å². The Hall–Kier alpha value is -0.990. The Kier molecular flexibility index (Phi) is 2.72. The van der Waals surface area contributed by atoms with Gasteiger partial charge in [-0.05, 0) is 38.5 Å². The van der Waals surface area contributed by atoms with Crippen molar-refractivity contribution < 1.29 is 0 Å². The molecule has 1 aromatic carbocycles. The molecule has 0 saturated heterocycles. The molecule has 86 valence electrons. The topological polar surface area (TPSA) is 30.9 Å². The fraction of sp³-hybridized carbons (Fsp3) is 0.385. The van der Waals surface area contributed by atoms with Gasteiger partial charge in [-0.15, -0.1) is 0 Å². The molecule has 0 spiro atoms. The van der Waals surface area contributed by atoms with Crippen LogP contribution in [0.2, 0.25) is 5.02 Å². The first-order valence-corrected chi connectivity index (χ1v) is 5.89. The summed E-state index contributed by atoms with van der Waals surface area (Å²) in [5.74, 6) is 0. The van der Waals surface area contributed by atoms with E-state index in [0.717, 1.165) is 17.1 Å². The van der Waals surface area contributed by atoms with Crippen LogP contribution >= 0.6 is 11.6 Å². The molecule has 2 aromatic rings. The van der Waals surface area contributed by atoms with Gasteiger partial charge in [0.2, 0.25) is 0 Å². The highest BCUT2D eigenvalue weighted by atomic mass is 35.5. The predicted molar refractivity (Wildman–Crippen MR) is 69.8 cm³/mol. The second-order valence-corrected chi connectivity index (χ2v) is 5.15. The van der Waals surface area contributed by atoms with Crippen molar-refractivity contribution in [1.82, 2.24) is 4.57 Å². The third-order valence-corrected chi connectivity index (χ3v) is 3.11. The molecule has 0 bridgehead atoms. The third kappa shape index (κ3) is 1.83. The van der Waals surface area contributed by atoms with Gasteiger partial charge in [-0.3, -0.25) is 0 Å². The van der Waals surface area contributed by atoms with Crippen molar-refractivity contribution in [3.8, 4) is 0 Å². The monoisotopic (exact) mass is 236 g/mol. The fourth-order valence-electron chi connectivity index (χ4n) is 2.04. The van der Waals surface area contributed by atoms with Crippen LogP contribution in [0.4, 0.5) is 0 Å². The number of aromatic nitrogens is 1. The summed E-state index contributed by atoms with van der Waals surface area (Å²) in [6.45, 7) is 7.09. The lowest BCUT2D eigenvalue weighted by Crippen LogP contribution is -2.28. The van der Waals surface area contributed by atoms with Gasteiger partial charge in [0.05, 0.1) is 0 Å². The molecule has 0 aliphatic rings. The Morgan fingerprint density at radius 3 is 2.62 bits per heavy atom. The molecule has 1 heterocycles. The standard InChI is InChI=1S/C13H17ClN2/c1-4-16-8-11(13(2,3)15)10-6-5-9(14)7-12(10)16/h5-8H,4,15H2,1-3H3. The van der Waals surface area contributed by atoms with Crippen LogP contribution in [0.25, 0.3) is 10.9 Å². The van der Waals surface area contributed by atoms with E-state index in [9.17, 15) is 0 Å². The molecule has 0 unspecified atom stereocenters. The summed E-state index contributed by atoms with van der Waals surface area (Å²) in [7, 11) is 0. The number of nitrogens with two attached hydrogens (primary N) is 1. The van der Waals surface area contributed by atoms with Gasteiger partial charge in [0.15, 0.2) is 0 Å². The van der Waals surface area contributed by atoms with E-state index in [1.54, 1.807) is 0 Å². The van der Waals surface area contributed by atoms with Gasteiger partial charge in [0.25, 0.3) is 0 Å². The van der Waals surface area contributed by atoms with Gasteiger partial charge in [-0.2, -0.15) is 0 Å². The zero-order chi connectivity index (χ0) is 11.9. The lowest BCUT2D eigenvalue weighted by molar-refractivity contribution is 0.556. The SMILES string of the molecule is CCn1cc(C(C)(C)N)c2ccc(Cl)cc21. The summed E-state index contributed by atoms with van der Waals surface area (Å²) in [5, 5.41) is 1.96. The van der Waals surface area contributed by atoms with Gasteiger partial charge < -0.3 is 10.3 Å². The minimum Gasteiger partial charge on any atom is -0.347 e. The van der Waals surface area contributed by atoms with E-state index in [0.29, 0.717) is 0 Å². The second kappa shape index (κ2) is 3.79. The lowest BCUT2D eigenvalue weighted by Gasteiger charge is -2.17. The van der Waals surface area contributed by atoms with Crippen molar-refractivity contribution in [2.75, 3.05) is 0 Å². The van der Waals surface area contributed by atoms with Crippen LogP contribution in [0.1, 0.15) is 26.3 Å². The van der Waals surface area contributed by atoms with E-state index in [-0.39, 0.29) is 5.54 Å². The molecule has 0 fully saturated rings. The first kappa shape index (κ1) is 11.5. The minimum absolute atomic E-state index is 0.327. The highest BCUT2D eigenvalue weighted by Gasteiger charge is 2.20. The number of aryl methyl sites for hydroxylation is 1. The molecular weight excluding hydrogens is 220 g/mol. The van der Waals surface area contributed by atoms with E-state index in [2.05, 4.69) is 17.7 Å². The van der Waals surface area contributed by atoms with Crippen LogP contribution in [-0.4, -0.2) is 4.57 Å². The molecule has 0 atom stereocenters. The molecule has 3 heteroatoms. The molecule has 0 radical (unpaired) electrons. The zero-order valence-electron chi connectivity index (χ0n) is 9.92. The molecule has 2 N–H and O–H groups in total. The first-order valence-electron chi connectivity index (χ1n) is 5.51. The normalized spacial score (nSPS) is 12.3. The molecule has 1 aromatic heterocycles. The lowest BCUT2D eigenvalue weighted by atomic mass is 9.95. The van der Waals surface area contributed by atoms with Crippen LogP contribution in [0.5, 0.6) is 0 Å². The summed E-state index contributed by atoms with van der Waals surface area (Å²) in [4.78, 5) is 0. The Morgan fingerprint density at radius 1 is 1.38 bits per heavy atom. The van der Waals surface area contributed by atoms with E-state index in [1.807, 2.05) is 32.0 Å². The Labute approximate surface area is 101 Å². The predicted octanol–water partition coefficient (Wildman–Crippen LogP) is 3.51. The Balaban J connectivity index is 2.78. The van der Waals surface area contributed by atoms with Crippen molar-refractivity contribution in [3.63, 3.8) is 0 Å². The van der Waals surface area contributed by atoms with Crippen molar-refractivity contribution in [2.45, 2.75) is 32.9 Å². The van der Waals surface area contributed by atoms with Crippen molar-refractivity contribution >= 4 is 22.5 Å². The highest BCUT2D eigenvalue weighted by Crippen LogP contribution is 2.30. The maximum absolute atomic E-state index is 6.18. The molecule has 2 nitrogen and oxygen atoms in total. The first-order chi connectivity index (χ1) is 7.43. The number of benzene rings is 1. The van der Waals surface area contributed by atoms with Gasteiger partial charge in [-0.1, -0.05) is 17.7 Å². The van der Waals surface area contributed by atoms with Crippen LogP contribution in [-0.2, 0) is 12.1 Å². The van der Waals surface area contributed by atoms with Crippen LogP contribution in [0, 0.1) is 0 Å². The van der Waals surface area contributed by atoms with Gasteiger partial charge >= 0.3 is 0 Å². The van der Waals surface area contributed by atoms with E-state index in [1.165, 1.54) is 10.9 Å². The van der Waals surface area contributed by atoms with E-state index >= 15 is 0 Å². The average molecular weight is 237 g/mol. The van der Waals surface area contributed by atoms with Crippen LogP contribution in [0.15, 0.2) is 24.4 Å². The second-order valence-electron chi connectivity index (χ2n) is 4.71. The molecule has 16 heavy (non-hydrogen) atoms. The number of hydrogen-bond donors (Lipinski definition) is 1. The van der Waals surface area contributed by atoms with Crippen molar-refractivity contribution in [3.05, 3.63) is 35.0 Å². The van der Waals surface area contributed by atoms with Crippen molar-refractivity contribution in [2.24, 2.45) is 5.73 Å². The molecule has 0 aliphatic heterocycles. The quantitative estimate of drug-likeness (QED) is 0.850. The summed E-state index contributed by atoms with van der Waals surface area (Å²) >= 11 is 6.03. The fourth-order valence-corrected chi connectivity index (χ4v) is 2.21. The van der Waals surface area contributed by atoms with Crippen LogP contribution < -0.4 is 5.73 Å². The van der Waals surface area contributed by atoms with Gasteiger partial charge in [-0.25, -0.2) is 0 Å². The zero-order valence-corrected chi connectivity index (χ0v) is 10.7. The third-order valence-electron chi connectivity index (χ3n) is 2.88. The largest absolute Gasteiger partial charge is 0.347 e. The smallest absolute Gasteiger partial charge is 0.0498 e. The summed E-state index contributed by atoms with van der Waals surface area (Å²) in [6.07, 6.45) is 2.13. The molecule has 0 aliphatic carbocycles. The summed E-state index contributed by atoms with van der Waals surface area (Å²) in [6, 6.07) is 5.96. The molecule has 0 saturated carbocycles. The molecule has 2 rings (SSSR count). The number of rotatable bonds is 2. The Morgan fingerprint density at radius 2 is 2.06 bits per heavy atom. The molecule has 0 amide bonds. The summed E-state index contributed by atoms with van der Waals surface area (Å²) in [5.41, 5.74) is 8.18. The average Bonchev–Trinajstić information content (AvgIpc) is 2.55. The van der Waals surface area contributed by atoms with E-state index in [4.69, 9.17) is 17.3 Å². The summed E-state index contributed by atoms with van der Waals surface area (Å²) < 4.78 is 2.19. The maximum atomic E-state index is 6.18. The highest BCUT2D eigenvalue weighted by molar-refractivity contribution is 6.31. The number of halogens is 1. The molecular formula is C13H17ClN2. The maximum Gasteiger partial charge on any atom is 0.0498 e. The van der Waals surface area contributed by atoms with E-state index < -0.39 is 0 Å². The Bertz CT molecular complexity index is 520. The number of nitrogens with zero attached hydrogens (tertiary/aromatic N) is 1. The van der Waals surface area contributed by atoms with Crippen molar-refractivity contribution in [1.29, 1.82) is 0 Å². The van der Waals surface area contributed by atoms with Gasteiger partial charge in [0, 0.05) is 34.2 Å². The van der Waals surface area contributed by atoms with Crippen LogP contribution in [0.3, 0.4) is 0 Å². The minimum atomic E-state index is -0.327. The number of hydrogen-bond acceptors (Lipinski definition) is 1.